The van der Waals surface area contributed by atoms with E-state index in [-0.39, 0.29) is 75.6 Å². The van der Waals surface area contributed by atoms with Crippen LogP contribution in [0, 0.1) is 41.2 Å². The molecule has 10 rings (SSSR count). The first-order chi connectivity index (χ1) is 43.2. The molecule has 0 amide bonds. The van der Waals surface area contributed by atoms with Crippen molar-refractivity contribution in [2.24, 2.45) is 0 Å². The van der Waals surface area contributed by atoms with Crippen molar-refractivity contribution in [1.82, 2.24) is 49.8 Å². The Kier molecular flexibility index (Phi) is 27.8. The Bertz CT molecular complexity index is 4210. The summed E-state index contributed by atoms with van der Waals surface area (Å²) in [6, 6.07) is 37.0. The van der Waals surface area contributed by atoms with Gasteiger partial charge in [-0.15, -0.1) is 16.7 Å². The Morgan fingerprint density at radius 3 is 1.42 bits per heavy atom. The smallest absolute Gasteiger partial charge is 0.870 e. The van der Waals surface area contributed by atoms with E-state index in [1.165, 1.54) is 36.7 Å². The number of aliphatic hydroxyl groups excluding tert-OH is 1. The molecule has 0 aliphatic carbocycles. The number of anilines is 4. The zero-order valence-corrected chi connectivity index (χ0v) is 57.6. The summed E-state index contributed by atoms with van der Waals surface area (Å²) in [5.74, 6) is -1.40. The van der Waals surface area contributed by atoms with Gasteiger partial charge in [0.2, 0.25) is 0 Å². The Balaban J connectivity index is 0.000000268. The minimum absolute atomic E-state index is 0. The summed E-state index contributed by atoms with van der Waals surface area (Å²) in [7, 11) is 8.03. The van der Waals surface area contributed by atoms with Gasteiger partial charge in [0.1, 0.15) is 23.8 Å². The molecule has 4 aromatic heterocycles. The monoisotopic (exact) mass is 1330 g/mol. The SMILES string of the molecule is CC(C)n1cc([C@@H](Cc2cc(Cl)c3ncc(C#N)c(Nc4ccc(F)c(Cl)c4)c3c2)c2cccc(CO)c2)nn1.CC(C)n1cc([C@@H](Cc2cc(Cl)c3ncc(C#N)c(Nc4ccc(F)c(Cl)c4)c3c2)c2cccc(COCCN(C)C)c2)nn1.[CH2-]CN(C)C.[Na+].[OH-]. The zero-order valence-electron chi connectivity index (χ0n) is 52.6. The van der Waals surface area contributed by atoms with Gasteiger partial charge in [0.05, 0.1) is 84.8 Å². The van der Waals surface area contributed by atoms with Crippen molar-refractivity contribution in [3.63, 3.8) is 0 Å². The van der Waals surface area contributed by atoms with Crippen molar-refractivity contribution >= 4 is 91.0 Å². The summed E-state index contributed by atoms with van der Waals surface area (Å²) in [6.45, 7) is 14.6. The molecule has 0 fully saturated rings. The number of pyridine rings is 2. The standard InChI is InChI=1S/C34H34Cl2FN7O.C30H25Cl2FN6O.C4H10N.Na.H2O/c1-21(2)44-19-32(41-42-44)27(24-7-5-6-22(12-24)20-45-11-10-43(3)4)13-23-14-28-33(40-26-8-9-31(37)29(35)16-26)25(17-38)18-39-34(28)30(36)15-23;1-17(2)39-15-28(37-38-39)23(20-5-3-4-18(8-20)16-40)9-19-10-24-29(36-22-6-7-27(33)25(31)12-22)21(13-34)14-35-30(24)26(32)11-19;1-4-5(2)3;;/h5-9,12,14-16,18-19,21,27H,10-11,13,20H2,1-4H3,(H,39,40);3-8,10-12,14-15,17,23,40H,9,16H2,1-2H3,(H,35,36);1,4H2,2-3H3;;1H2/q;;-1;+1;/p-1/t27-;23-;;;/m00.../s1. The topological polar surface area (TPSA) is 225 Å². The van der Waals surface area contributed by atoms with E-state index in [1.807, 2.05) is 123 Å². The number of benzene rings is 6. The number of halogens is 6. The quantitative estimate of drug-likeness (QED) is 0.0346. The number of nitrogens with zero attached hydrogens (tertiary/aromatic N) is 12. The zero-order chi connectivity index (χ0) is 64.8. The summed E-state index contributed by atoms with van der Waals surface area (Å²) < 4.78 is 37.2. The molecule has 17 nitrogen and oxygen atoms in total. The van der Waals surface area contributed by atoms with Gasteiger partial charge in [0.25, 0.3) is 0 Å². The third kappa shape index (κ3) is 19.2. The second-order valence-electron chi connectivity index (χ2n) is 22.5. The van der Waals surface area contributed by atoms with Gasteiger partial charge in [-0.1, -0.05) is 105 Å². The first-order valence-corrected chi connectivity index (χ1v) is 30.4. The molecular weight excluding hydrogens is 1260 g/mol. The van der Waals surface area contributed by atoms with E-state index in [9.17, 15) is 24.4 Å². The number of rotatable bonds is 21. The maximum Gasteiger partial charge on any atom is 1.00 e. The van der Waals surface area contributed by atoms with Gasteiger partial charge in [-0.3, -0.25) is 9.97 Å². The van der Waals surface area contributed by atoms with Crippen molar-refractivity contribution in [2.75, 3.05) is 58.5 Å². The maximum absolute atomic E-state index is 13.9. The van der Waals surface area contributed by atoms with Crippen LogP contribution in [0.3, 0.4) is 0 Å². The molecule has 4 N–H and O–H groups in total. The fourth-order valence-corrected chi connectivity index (χ4v) is 10.6. The van der Waals surface area contributed by atoms with Crippen molar-refractivity contribution in [2.45, 2.75) is 77.7 Å². The summed E-state index contributed by atoms with van der Waals surface area (Å²) in [6.07, 6.45) is 7.91. The minimum Gasteiger partial charge on any atom is -0.870 e. The third-order valence-electron chi connectivity index (χ3n) is 14.6. The first kappa shape index (κ1) is 73.9. The summed E-state index contributed by atoms with van der Waals surface area (Å²) in [5.41, 5.74) is 11.0. The van der Waals surface area contributed by atoms with Crippen LogP contribution in [0.15, 0.2) is 134 Å². The van der Waals surface area contributed by atoms with Crippen LogP contribution in [-0.4, -0.2) is 108 Å². The van der Waals surface area contributed by atoms with Gasteiger partial charge in [-0.25, -0.2) is 18.1 Å². The second-order valence-corrected chi connectivity index (χ2v) is 24.2. The Hall–Kier alpha value is -7.18. The fraction of sp³-hybridized carbons (Fsp3) is 0.279. The minimum atomic E-state index is -0.539. The molecule has 0 bridgehead atoms. The number of aromatic nitrogens is 8. The molecule has 0 aliphatic heterocycles. The van der Waals surface area contributed by atoms with E-state index in [0.29, 0.717) is 91.8 Å². The molecule has 0 radical (unpaired) electrons. The molecule has 0 aliphatic rings. The third-order valence-corrected chi connectivity index (χ3v) is 15.7. The predicted molar refractivity (Wildman–Crippen MR) is 357 cm³/mol. The van der Waals surface area contributed by atoms with E-state index in [2.05, 4.69) is 97.2 Å². The maximum atomic E-state index is 13.9. The normalized spacial score (nSPS) is 11.7. The average molecular weight is 1330 g/mol. The van der Waals surface area contributed by atoms with Crippen molar-refractivity contribution in [1.29, 1.82) is 10.5 Å². The second kappa shape index (κ2) is 34.6. The van der Waals surface area contributed by atoms with E-state index < -0.39 is 11.6 Å². The molecule has 0 saturated carbocycles. The first-order valence-electron chi connectivity index (χ1n) is 28.9. The number of fused-ring (bicyclic) bond motifs is 2. The number of likely N-dealkylation sites (N-methyl/N-ethyl adjacent to an activating group) is 1. The van der Waals surface area contributed by atoms with Crippen LogP contribution in [-0.2, 0) is 30.8 Å². The van der Waals surface area contributed by atoms with Gasteiger partial charge < -0.3 is 42.7 Å². The van der Waals surface area contributed by atoms with Crippen LogP contribution >= 0.6 is 46.4 Å². The van der Waals surface area contributed by atoms with Gasteiger partial charge >= 0.3 is 29.6 Å². The molecule has 4 heterocycles. The average Bonchev–Trinajstić information content (AvgIpc) is 0.888. The number of nitriles is 2. The molecule has 0 unspecified atom stereocenters. The van der Waals surface area contributed by atoms with Crippen LogP contribution in [0.2, 0.25) is 20.1 Å². The van der Waals surface area contributed by atoms with E-state index in [4.69, 9.17) is 51.1 Å². The van der Waals surface area contributed by atoms with E-state index >= 15 is 0 Å². The van der Waals surface area contributed by atoms with Gasteiger partial charge in [-0.05, 0) is 163 Å². The van der Waals surface area contributed by atoms with Gasteiger partial charge in [0.15, 0.2) is 0 Å². The van der Waals surface area contributed by atoms with Gasteiger partial charge in [0, 0.05) is 77.4 Å². The number of aliphatic hydroxyl groups is 1. The number of ether oxygens (including phenoxy) is 1. The fourth-order valence-electron chi connectivity index (χ4n) is 9.65. The van der Waals surface area contributed by atoms with Crippen LogP contribution < -0.4 is 40.2 Å². The Labute approximate surface area is 577 Å². The van der Waals surface area contributed by atoms with E-state index in [0.717, 1.165) is 57.9 Å². The summed E-state index contributed by atoms with van der Waals surface area (Å²) >= 11 is 25.6. The Morgan fingerprint density at radius 1 is 0.609 bits per heavy atom. The van der Waals surface area contributed by atoms with E-state index in [1.54, 1.807) is 12.1 Å². The largest absolute Gasteiger partial charge is 1.00 e. The molecule has 24 heteroatoms. The van der Waals surface area contributed by atoms with Crippen molar-refractivity contribution < 1.29 is 53.7 Å². The molecular formula is C68H70Cl4F2N14NaO3-. The number of hydrogen-bond acceptors (Lipinski definition) is 15. The van der Waals surface area contributed by atoms with Crippen LogP contribution in [0.25, 0.3) is 21.8 Å². The summed E-state index contributed by atoms with van der Waals surface area (Å²) in [5, 5.41) is 55.8. The van der Waals surface area contributed by atoms with Crippen LogP contribution in [0.1, 0.15) is 108 Å². The molecule has 10 aromatic rings. The number of hydrogen-bond donors (Lipinski definition) is 3. The number of nitrogens with one attached hydrogen (secondary N) is 2. The molecule has 474 valence electrons. The molecule has 0 saturated heterocycles. The molecule has 6 aromatic carbocycles. The predicted octanol–water partition coefficient (Wildman–Crippen LogP) is 12.5. The Morgan fingerprint density at radius 2 is 1.04 bits per heavy atom. The van der Waals surface area contributed by atoms with Gasteiger partial charge in [-0.2, -0.15) is 10.5 Å². The molecule has 0 spiro atoms. The summed E-state index contributed by atoms with van der Waals surface area (Å²) in [4.78, 5) is 13.0. The van der Waals surface area contributed by atoms with Crippen molar-refractivity contribution in [3.05, 3.63) is 229 Å². The van der Waals surface area contributed by atoms with Crippen LogP contribution in [0.4, 0.5) is 31.5 Å². The van der Waals surface area contributed by atoms with Crippen LogP contribution in [0.5, 0.6) is 0 Å². The molecule has 2 atom stereocenters. The molecule has 92 heavy (non-hydrogen) atoms. The van der Waals surface area contributed by atoms with Crippen molar-refractivity contribution in [3.8, 4) is 12.1 Å².